The molecule has 1 aromatic heterocycles. The largest absolute Gasteiger partial charge is 0.355 e. The van der Waals surface area contributed by atoms with Gasteiger partial charge in [-0.2, -0.15) is 0 Å². The van der Waals surface area contributed by atoms with Crippen molar-refractivity contribution in [2.45, 2.75) is 56.6 Å². The second-order valence-electron chi connectivity index (χ2n) is 6.59. The van der Waals surface area contributed by atoms with E-state index in [4.69, 9.17) is 0 Å². The summed E-state index contributed by atoms with van der Waals surface area (Å²) in [5.74, 6) is 0.547. The number of nitrogens with zero attached hydrogens (tertiary/aromatic N) is 3. The second-order valence-corrected chi connectivity index (χ2v) is 7.53. The standard InChI is InChI=1S/C19H25FN4OS/c1-2-12-21-17(25)13-26-19-23-22-18(15-10-6-7-11-16(15)20)24(19)14-8-4-3-5-9-14/h6-7,10-11,14H,2-5,8-9,12-13H2,1H3,(H,21,25). The van der Waals surface area contributed by atoms with Crippen LogP contribution in [0.15, 0.2) is 29.4 Å². The van der Waals surface area contributed by atoms with E-state index < -0.39 is 0 Å². The van der Waals surface area contributed by atoms with Crippen molar-refractivity contribution in [3.63, 3.8) is 0 Å². The van der Waals surface area contributed by atoms with E-state index >= 15 is 0 Å². The maximum atomic E-state index is 14.3. The van der Waals surface area contributed by atoms with Crippen LogP contribution in [0.3, 0.4) is 0 Å². The van der Waals surface area contributed by atoms with Gasteiger partial charge < -0.3 is 5.32 Å². The first-order valence-electron chi connectivity index (χ1n) is 9.30. The molecule has 1 fully saturated rings. The third-order valence-electron chi connectivity index (χ3n) is 4.62. The summed E-state index contributed by atoms with van der Waals surface area (Å²) in [4.78, 5) is 11.9. The van der Waals surface area contributed by atoms with Crippen molar-refractivity contribution in [3.05, 3.63) is 30.1 Å². The lowest BCUT2D eigenvalue weighted by Crippen LogP contribution is -2.26. The molecule has 5 nitrogen and oxygen atoms in total. The SMILES string of the molecule is CCCNC(=O)CSc1nnc(-c2ccccc2F)n1C1CCCCC1. The normalized spacial score (nSPS) is 15.2. The average Bonchev–Trinajstić information content (AvgIpc) is 3.09. The Labute approximate surface area is 157 Å². The van der Waals surface area contributed by atoms with Crippen molar-refractivity contribution in [2.75, 3.05) is 12.3 Å². The number of hydrogen-bond acceptors (Lipinski definition) is 4. The lowest BCUT2D eigenvalue weighted by molar-refractivity contribution is -0.118. The van der Waals surface area contributed by atoms with Crippen molar-refractivity contribution in [2.24, 2.45) is 0 Å². The maximum Gasteiger partial charge on any atom is 0.230 e. The monoisotopic (exact) mass is 376 g/mol. The number of carbonyl (C=O) groups is 1. The summed E-state index contributed by atoms with van der Waals surface area (Å²) < 4.78 is 16.4. The number of rotatable bonds is 7. The van der Waals surface area contributed by atoms with E-state index in [1.165, 1.54) is 24.2 Å². The summed E-state index contributed by atoms with van der Waals surface area (Å²) in [7, 11) is 0. The Hall–Kier alpha value is -1.89. The van der Waals surface area contributed by atoms with Crippen molar-refractivity contribution >= 4 is 17.7 Å². The van der Waals surface area contributed by atoms with Crippen LogP contribution in [0, 0.1) is 5.82 Å². The first-order chi connectivity index (χ1) is 12.7. The van der Waals surface area contributed by atoms with E-state index in [9.17, 15) is 9.18 Å². The van der Waals surface area contributed by atoms with Crippen LogP contribution < -0.4 is 5.32 Å². The van der Waals surface area contributed by atoms with Gasteiger partial charge in [-0.05, 0) is 31.4 Å². The van der Waals surface area contributed by atoms with E-state index in [1.807, 2.05) is 13.0 Å². The Morgan fingerprint density at radius 2 is 2.04 bits per heavy atom. The Morgan fingerprint density at radius 1 is 1.27 bits per heavy atom. The first-order valence-corrected chi connectivity index (χ1v) is 10.3. The molecule has 1 saturated carbocycles. The highest BCUT2D eigenvalue weighted by atomic mass is 32.2. The molecule has 0 radical (unpaired) electrons. The molecule has 0 saturated heterocycles. The van der Waals surface area contributed by atoms with Crippen molar-refractivity contribution in [3.8, 4) is 11.4 Å². The molecule has 3 rings (SSSR count). The first kappa shape index (κ1) is 18.9. The topological polar surface area (TPSA) is 59.8 Å². The molecular weight excluding hydrogens is 351 g/mol. The quantitative estimate of drug-likeness (QED) is 0.736. The third-order valence-corrected chi connectivity index (χ3v) is 5.57. The Bertz CT molecular complexity index is 743. The number of carbonyl (C=O) groups excluding carboxylic acids is 1. The molecule has 1 amide bonds. The number of thioether (sulfide) groups is 1. The van der Waals surface area contributed by atoms with Gasteiger partial charge in [0.1, 0.15) is 5.82 Å². The summed E-state index contributed by atoms with van der Waals surface area (Å²) in [5.41, 5.74) is 0.466. The van der Waals surface area contributed by atoms with Gasteiger partial charge in [0.15, 0.2) is 11.0 Å². The molecule has 0 unspecified atom stereocenters. The number of benzene rings is 1. The summed E-state index contributed by atoms with van der Waals surface area (Å²) in [5, 5.41) is 12.1. The third kappa shape index (κ3) is 4.44. The minimum absolute atomic E-state index is 0.0116. The predicted molar refractivity (Wildman–Crippen MR) is 102 cm³/mol. The smallest absolute Gasteiger partial charge is 0.230 e. The van der Waals surface area contributed by atoms with Gasteiger partial charge in [0.2, 0.25) is 5.91 Å². The zero-order valence-corrected chi connectivity index (χ0v) is 15.9. The molecular formula is C19H25FN4OS. The molecule has 2 aromatic rings. The molecule has 0 bridgehead atoms. The zero-order chi connectivity index (χ0) is 18.4. The van der Waals surface area contributed by atoms with E-state index in [2.05, 4.69) is 20.1 Å². The van der Waals surface area contributed by atoms with E-state index in [-0.39, 0.29) is 17.8 Å². The fourth-order valence-electron chi connectivity index (χ4n) is 3.32. The van der Waals surface area contributed by atoms with Crippen LogP contribution in [-0.4, -0.2) is 33.0 Å². The van der Waals surface area contributed by atoms with Gasteiger partial charge in [0.05, 0.1) is 11.3 Å². The van der Waals surface area contributed by atoms with E-state index in [0.717, 1.165) is 32.1 Å². The Balaban J connectivity index is 1.87. The lowest BCUT2D eigenvalue weighted by atomic mass is 9.95. The molecule has 1 aromatic carbocycles. The van der Waals surface area contributed by atoms with Gasteiger partial charge in [-0.15, -0.1) is 10.2 Å². The zero-order valence-electron chi connectivity index (χ0n) is 15.1. The van der Waals surface area contributed by atoms with Crippen LogP contribution in [0.4, 0.5) is 4.39 Å². The highest BCUT2D eigenvalue weighted by molar-refractivity contribution is 7.99. The molecule has 140 valence electrons. The van der Waals surface area contributed by atoms with Crippen LogP contribution in [-0.2, 0) is 4.79 Å². The van der Waals surface area contributed by atoms with Gasteiger partial charge in [0.25, 0.3) is 0 Å². The molecule has 1 aliphatic carbocycles. The second kappa shape index (κ2) is 9.16. The fourth-order valence-corrected chi connectivity index (χ4v) is 4.15. The number of amides is 1. The highest BCUT2D eigenvalue weighted by Gasteiger charge is 2.25. The predicted octanol–water partition coefficient (Wildman–Crippen LogP) is 4.21. The van der Waals surface area contributed by atoms with Crippen molar-refractivity contribution < 1.29 is 9.18 Å². The van der Waals surface area contributed by atoms with Gasteiger partial charge >= 0.3 is 0 Å². The molecule has 0 atom stereocenters. The summed E-state index contributed by atoms with van der Waals surface area (Å²) >= 11 is 1.38. The average molecular weight is 377 g/mol. The summed E-state index contributed by atoms with van der Waals surface area (Å²) in [6, 6.07) is 6.92. The van der Waals surface area contributed by atoms with Gasteiger partial charge in [-0.3, -0.25) is 9.36 Å². The summed E-state index contributed by atoms with van der Waals surface area (Å²) in [6.07, 6.45) is 6.52. The van der Waals surface area contributed by atoms with Crippen LogP contribution in [0.1, 0.15) is 51.5 Å². The minimum Gasteiger partial charge on any atom is -0.355 e. The van der Waals surface area contributed by atoms with E-state index in [0.29, 0.717) is 28.8 Å². The molecule has 1 heterocycles. The molecule has 1 N–H and O–H groups in total. The molecule has 0 spiro atoms. The van der Waals surface area contributed by atoms with E-state index in [1.54, 1.807) is 12.1 Å². The molecule has 0 aliphatic heterocycles. The van der Waals surface area contributed by atoms with Crippen LogP contribution in [0.5, 0.6) is 0 Å². The molecule has 26 heavy (non-hydrogen) atoms. The molecule has 1 aliphatic rings. The number of halogens is 1. The van der Waals surface area contributed by atoms with Gasteiger partial charge in [0, 0.05) is 12.6 Å². The van der Waals surface area contributed by atoms with Crippen LogP contribution in [0.25, 0.3) is 11.4 Å². The van der Waals surface area contributed by atoms with Crippen molar-refractivity contribution in [1.82, 2.24) is 20.1 Å². The van der Waals surface area contributed by atoms with Crippen LogP contribution >= 0.6 is 11.8 Å². The Kier molecular flexibility index (Phi) is 6.66. The maximum absolute atomic E-state index is 14.3. The number of hydrogen-bond donors (Lipinski definition) is 1. The highest BCUT2D eigenvalue weighted by Crippen LogP contribution is 2.36. The van der Waals surface area contributed by atoms with Gasteiger partial charge in [-0.25, -0.2) is 4.39 Å². The number of nitrogens with one attached hydrogen (secondary N) is 1. The Morgan fingerprint density at radius 3 is 2.77 bits per heavy atom. The summed E-state index contributed by atoms with van der Waals surface area (Å²) in [6.45, 7) is 2.70. The van der Waals surface area contributed by atoms with Crippen molar-refractivity contribution in [1.29, 1.82) is 0 Å². The van der Waals surface area contributed by atoms with Gasteiger partial charge in [-0.1, -0.05) is 50.1 Å². The lowest BCUT2D eigenvalue weighted by Gasteiger charge is -2.25. The minimum atomic E-state index is -0.297. The fraction of sp³-hybridized carbons (Fsp3) is 0.526. The molecule has 7 heteroatoms. The van der Waals surface area contributed by atoms with Crippen LogP contribution in [0.2, 0.25) is 0 Å². The number of aromatic nitrogens is 3.